The summed E-state index contributed by atoms with van der Waals surface area (Å²) in [6.07, 6.45) is 57.3. The molecule has 0 aromatic heterocycles. The Hall–Kier alpha value is -1.43. The highest BCUT2D eigenvalue weighted by Gasteiger charge is 2.26. The van der Waals surface area contributed by atoms with E-state index < -0.39 is 18.2 Å². The standard InChI is InChI=1S/C50H95NO4/c1-3-5-7-9-11-13-15-16-17-18-19-20-21-22-23-24-25-26-27-28-29-30-31-32-33-34-35-37-39-41-43-45-49(54)51-47(46-52)50(55)48(53)44-42-40-38-36-14-12-10-8-6-4-2/h8,10,22-23,36,38,47-48,50,52-53,55H,3-7,9,11-21,24-35,37,39-46H2,1-2H3,(H,51,54)/b10-8+,23-22-,38-36+. The van der Waals surface area contributed by atoms with Crippen LogP contribution in [0.2, 0.25) is 0 Å². The summed E-state index contributed by atoms with van der Waals surface area (Å²) in [5.74, 6) is -0.159. The maximum absolute atomic E-state index is 12.4. The van der Waals surface area contributed by atoms with Gasteiger partial charge >= 0.3 is 0 Å². The Balaban J connectivity index is 3.49. The van der Waals surface area contributed by atoms with E-state index in [0.717, 1.165) is 51.4 Å². The van der Waals surface area contributed by atoms with E-state index in [1.165, 1.54) is 173 Å². The van der Waals surface area contributed by atoms with E-state index in [4.69, 9.17) is 0 Å². The summed E-state index contributed by atoms with van der Waals surface area (Å²) in [7, 11) is 0. The maximum Gasteiger partial charge on any atom is 0.220 e. The number of unbranched alkanes of at least 4 members (excludes halogenated alkanes) is 30. The van der Waals surface area contributed by atoms with Crippen molar-refractivity contribution in [3.8, 4) is 0 Å². The van der Waals surface area contributed by atoms with Crippen LogP contribution in [-0.2, 0) is 4.79 Å². The van der Waals surface area contributed by atoms with E-state index in [0.29, 0.717) is 12.8 Å². The van der Waals surface area contributed by atoms with E-state index >= 15 is 0 Å². The zero-order valence-electron chi connectivity index (χ0n) is 36.8. The number of carbonyl (C=O) groups excluding carboxylic acids is 1. The molecular weight excluding hydrogens is 679 g/mol. The second kappa shape index (κ2) is 45.3. The minimum atomic E-state index is -1.16. The fourth-order valence-corrected chi connectivity index (χ4v) is 7.42. The van der Waals surface area contributed by atoms with Crippen molar-refractivity contribution in [2.24, 2.45) is 0 Å². The smallest absolute Gasteiger partial charge is 0.220 e. The largest absolute Gasteiger partial charge is 0.394 e. The van der Waals surface area contributed by atoms with Crippen LogP contribution in [0.5, 0.6) is 0 Å². The number of carbonyl (C=O) groups is 1. The van der Waals surface area contributed by atoms with Gasteiger partial charge in [-0.2, -0.15) is 0 Å². The van der Waals surface area contributed by atoms with Crippen LogP contribution in [0.25, 0.3) is 0 Å². The Kier molecular flexibility index (Phi) is 44.1. The van der Waals surface area contributed by atoms with Gasteiger partial charge in [-0.05, 0) is 70.6 Å². The van der Waals surface area contributed by atoms with Crippen LogP contribution in [-0.4, -0.2) is 46.1 Å². The minimum Gasteiger partial charge on any atom is -0.394 e. The van der Waals surface area contributed by atoms with Crippen molar-refractivity contribution < 1.29 is 20.1 Å². The van der Waals surface area contributed by atoms with Crippen LogP contribution >= 0.6 is 0 Å². The fourth-order valence-electron chi connectivity index (χ4n) is 7.42. The molecule has 0 aromatic rings. The predicted molar refractivity (Wildman–Crippen MR) is 241 cm³/mol. The number of amides is 1. The number of hydrogen-bond acceptors (Lipinski definition) is 4. The minimum absolute atomic E-state index is 0.159. The number of hydrogen-bond donors (Lipinski definition) is 4. The molecular formula is C50H95NO4. The van der Waals surface area contributed by atoms with Crippen LogP contribution in [0.1, 0.15) is 251 Å². The third-order valence-corrected chi connectivity index (χ3v) is 11.2. The first-order chi connectivity index (χ1) is 27.1. The first-order valence-corrected chi connectivity index (χ1v) is 24.3. The summed E-state index contributed by atoms with van der Waals surface area (Å²) in [5, 5.41) is 33.4. The average molecular weight is 774 g/mol. The lowest BCUT2D eigenvalue weighted by atomic mass is 10.0. The first kappa shape index (κ1) is 53.6. The van der Waals surface area contributed by atoms with E-state index in [1.54, 1.807) is 0 Å². The SMILES string of the molecule is CCC/C=C/CC/C=C/CCCC(O)C(O)C(CO)NC(=O)CCCCCCCCCCCCCCCCC/C=C\CCCCCCCCCCCCCC. The zero-order valence-corrected chi connectivity index (χ0v) is 36.8. The van der Waals surface area contributed by atoms with Gasteiger partial charge < -0.3 is 20.6 Å². The maximum atomic E-state index is 12.4. The van der Waals surface area contributed by atoms with Crippen molar-refractivity contribution in [2.75, 3.05) is 6.61 Å². The van der Waals surface area contributed by atoms with Crippen molar-refractivity contribution in [3.63, 3.8) is 0 Å². The molecule has 0 heterocycles. The van der Waals surface area contributed by atoms with Crippen LogP contribution in [0.15, 0.2) is 36.5 Å². The zero-order chi connectivity index (χ0) is 40.1. The highest BCUT2D eigenvalue weighted by atomic mass is 16.3. The number of nitrogens with one attached hydrogen (secondary N) is 1. The molecule has 0 saturated carbocycles. The van der Waals surface area contributed by atoms with Crippen molar-refractivity contribution in [2.45, 2.75) is 270 Å². The molecule has 0 rings (SSSR count). The van der Waals surface area contributed by atoms with Gasteiger partial charge in [-0.1, -0.05) is 211 Å². The summed E-state index contributed by atoms with van der Waals surface area (Å²) in [4.78, 5) is 12.4. The van der Waals surface area contributed by atoms with Gasteiger partial charge in [0.05, 0.1) is 18.8 Å². The topological polar surface area (TPSA) is 89.8 Å². The van der Waals surface area contributed by atoms with Gasteiger partial charge in [-0.15, -0.1) is 0 Å². The van der Waals surface area contributed by atoms with Gasteiger partial charge in [0.1, 0.15) is 6.10 Å². The molecule has 0 aliphatic carbocycles. The third kappa shape index (κ3) is 40.6. The lowest BCUT2D eigenvalue weighted by Gasteiger charge is -2.26. The molecule has 0 spiro atoms. The van der Waals surface area contributed by atoms with Gasteiger partial charge in [0.2, 0.25) is 5.91 Å². The molecule has 4 N–H and O–H groups in total. The second-order valence-corrected chi connectivity index (χ2v) is 16.6. The van der Waals surface area contributed by atoms with E-state index in [-0.39, 0.29) is 12.5 Å². The monoisotopic (exact) mass is 774 g/mol. The normalized spacial score (nSPS) is 13.8. The van der Waals surface area contributed by atoms with E-state index in [9.17, 15) is 20.1 Å². The Bertz CT molecular complexity index is 855. The number of aliphatic hydroxyl groups excluding tert-OH is 3. The Labute approximate surface area is 343 Å². The third-order valence-electron chi connectivity index (χ3n) is 11.2. The van der Waals surface area contributed by atoms with Crippen LogP contribution in [0.3, 0.4) is 0 Å². The second-order valence-electron chi connectivity index (χ2n) is 16.6. The van der Waals surface area contributed by atoms with Gasteiger partial charge in [-0.3, -0.25) is 4.79 Å². The number of allylic oxidation sites excluding steroid dienone is 6. The van der Waals surface area contributed by atoms with E-state index in [2.05, 4.69) is 55.6 Å². The van der Waals surface area contributed by atoms with Crippen molar-refractivity contribution in [3.05, 3.63) is 36.5 Å². The molecule has 0 aliphatic rings. The first-order valence-electron chi connectivity index (χ1n) is 24.3. The van der Waals surface area contributed by atoms with Crippen molar-refractivity contribution in [1.29, 1.82) is 0 Å². The number of rotatable bonds is 44. The Morgan fingerprint density at radius 3 is 1.18 bits per heavy atom. The molecule has 0 saturated heterocycles. The molecule has 5 heteroatoms. The molecule has 324 valence electrons. The molecule has 3 atom stereocenters. The predicted octanol–water partition coefficient (Wildman–Crippen LogP) is 14.3. The lowest BCUT2D eigenvalue weighted by molar-refractivity contribution is -0.124. The molecule has 0 bridgehead atoms. The lowest BCUT2D eigenvalue weighted by Crippen LogP contribution is -2.50. The highest BCUT2D eigenvalue weighted by molar-refractivity contribution is 5.76. The summed E-state index contributed by atoms with van der Waals surface area (Å²) in [5.41, 5.74) is 0. The highest BCUT2D eigenvalue weighted by Crippen LogP contribution is 2.16. The van der Waals surface area contributed by atoms with Gasteiger partial charge in [-0.25, -0.2) is 0 Å². The quantitative estimate of drug-likeness (QED) is 0.0367. The van der Waals surface area contributed by atoms with Crippen LogP contribution < -0.4 is 5.32 Å². The number of aliphatic hydroxyl groups is 3. The molecule has 0 aliphatic heterocycles. The fraction of sp³-hybridized carbons (Fsp3) is 0.860. The summed E-state index contributed by atoms with van der Waals surface area (Å²) >= 11 is 0. The summed E-state index contributed by atoms with van der Waals surface area (Å²) in [6.45, 7) is 4.09. The molecule has 0 radical (unpaired) electrons. The molecule has 0 fully saturated rings. The summed E-state index contributed by atoms with van der Waals surface area (Å²) < 4.78 is 0. The molecule has 55 heavy (non-hydrogen) atoms. The van der Waals surface area contributed by atoms with E-state index in [1.807, 2.05) is 0 Å². The van der Waals surface area contributed by atoms with Gasteiger partial charge in [0, 0.05) is 6.42 Å². The Morgan fingerprint density at radius 2 is 0.782 bits per heavy atom. The summed E-state index contributed by atoms with van der Waals surface area (Å²) in [6, 6.07) is -0.830. The van der Waals surface area contributed by atoms with Crippen molar-refractivity contribution >= 4 is 5.91 Å². The molecule has 5 nitrogen and oxygen atoms in total. The van der Waals surface area contributed by atoms with Gasteiger partial charge in [0.15, 0.2) is 0 Å². The van der Waals surface area contributed by atoms with Crippen LogP contribution in [0.4, 0.5) is 0 Å². The Morgan fingerprint density at radius 1 is 0.436 bits per heavy atom. The molecule has 3 unspecified atom stereocenters. The van der Waals surface area contributed by atoms with Crippen molar-refractivity contribution in [1.82, 2.24) is 5.32 Å². The molecule has 0 aromatic carbocycles. The molecule has 1 amide bonds. The van der Waals surface area contributed by atoms with Crippen LogP contribution in [0, 0.1) is 0 Å². The average Bonchev–Trinajstić information content (AvgIpc) is 3.19. The van der Waals surface area contributed by atoms with Gasteiger partial charge in [0.25, 0.3) is 0 Å².